The minimum atomic E-state index is -0.481. The third-order valence-corrected chi connectivity index (χ3v) is 1.99. The van der Waals surface area contributed by atoms with Crippen LogP contribution in [0.3, 0.4) is 0 Å². The highest BCUT2D eigenvalue weighted by Crippen LogP contribution is 2.16. The zero-order valence-corrected chi connectivity index (χ0v) is 8.75. The van der Waals surface area contributed by atoms with E-state index in [1.807, 2.05) is 13.0 Å². The van der Waals surface area contributed by atoms with Crippen molar-refractivity contribution >= 4 is 11.6 Å². The lowest BCUT2D eigenvalue weighted by atomic mass is 10.2. The van der Waals surface area contributed by atoms with Gasteiger partial charge in [-0.3, -0.25) is 0 Å². The van der Waals surface area contributed by atoms with E-state index in [1.165, 1.54) is 7.11 Å². The summed E-state index contributed by atoms with van der Waals surface area (Å²) >= 11 is 5.61. The summed E-state index contributed by atoms with van der Waals surface area (Å²) in [5.74, 6) is 0.575. The van der Waals surface area contributed by atoms with Crippen LogP contribution in [0.2, 0.25) is 0 Å². The summed E-state index contributed by atoms with van der Waals surface area (Å²) < 4.78 is 4.97. The predicted molar refractivity (Wildman–Crippen MR) is 52.4 cm³/mol. The highest BCUT2D eigenvalue weighted by molar-refractivity contribution is 6.18. The number of aryl methyl sites for hydroxylation is 1. The number of halogens is 1. The van der Waals surface area contributed by atoms with Gasteiger partial charge in [-0.05, 0) is 6.92 Å². The molecule has 1 unspecified atom stereocenters. The summed E-state index contributed by atoms with van der Waals surface area (Å²) in [4.78, 5) is 8.18. The maximum Gasteiger partial charge on any atom is 0.216 e. The van der Waals surface area contributed by atoms with Crippen molar-refractivity contribution in [3.63, 3.8) is 0 Å². The summed E-state index contributed by atoms with van der Waals surface area (Å²) in [6.07, 6.45) is 0. The van der Waals surface area contributed by atoms with Gasteiger partial charge in [0.15, 0.2) is 5.82 Å². The van der Waals surface area contributed by atoms with Gasteiger partial charge in [0, 0.05) is 17.6 Å². The quantitative estimate of drug-likeness (QED) is 0.714. The summed E-state index contributed by atoms with van der Waals surface area (Å²) in [7, 11) is 1.52. The van der Waals surface area contributed by atoms with E-state index in [-0.39, 0.29) is 5.88 Å². The molecule has 0 saturated carbocycles. The van der Waals surface area contributed by atoms with Gasteiger partial charge in [0.2, 0.25) is 5.88 Å². The molecule has 1 heterocycles. The van der Waals surface area contributed by atoms with Crippen molar-refractivity contribution in [2.45, 2.75) is 12.8 Å². The summed E-state index contributed by atoms with van der Waals surface area (Å²) in [5, 5.41) is 8.78. The number of rotatable bonds is 3. The fourth-order valence-corrected chi connectivity index (χ4v) is 1.19. The Morgan fingerprint density at radius 1 is 1.64 bits per heavy atom. The van der Waals surface area contributed by atoms with Crippen molar-refractivity contribution < 1.29 is 4.74 Å². The monoisotopic (exact) mass is 211 g/mol. The van der Waals surface area contributed by atoms with Gasteiger partial charge in [0.1, 0.15) is 5.92 Å². The second-order valence-electron chi connectivity index (χ2n) is 2.75. The standard InChI is InChI=1S/C9H10ClN3O/c1-6-3-8(14-2)13-9(12-6)7(4-10)5-11/h3,7H,4H2,1-2H3. The van der Waals surface area contributed by atoms with E-state index < -0.39 is 5.92 Å². The van der Waals surface area contributed by atoms with Gasteiger partial charge < -0.3 is 4.74 Å². The molecule has 1 rings (SSSR count). The van der Waals surface area contributed by atoms with Gasteiger partial charge in [-0.15, -0.1) is 11.6 Å². The van der Waals surface area contributed by atoms with Crippen LogP contribution in [0, 0.1) is 18.3 Å². The van der Waals surface area contributed by atoms with Crippen LogP contribution in [0.15, 0.2) is 6.07 Å². The van der Waals surface area contributed by atoms with Crippen molar-refractivity contribution in [1.29, 1.82) is 5.26 Å². The van der Waals surface area contributed by atoms with E-state index in [9.17, 15) is 0 Å². The van der Waals surface area contributed by atoms with Crippen LogP contribution in [0.5, 0.6) is 5.88 Å². The summed E-state index contributed by atoms with van der Waals surface area (Å²) in [6, 6.07) is 3.73. The molecule has 0 radical (unpaired) electrons. The van der Waals surface area contributed by atoms with Crippen molar-refractivity contribution in [2.24, 2.45) is 0 Å². The van der Waals surface area contributed by atoms with E-state index >= 15 is 0 Å². The number of methoxy groups -OCH3 is 1. The van der Waals surface area contributed by atoms with Gasteiger partial charge in [-0.2, -0.15) is 10.2 Å². The lowest BCUT2D eigenvalue weighted by molar-refractivity contribution is 0.393. The SMILES string of the molecule is COc1cc(C)nc(C(C#N)CCl)n1. The van der Waals surface area contributed by atoms with Crippen molar-refractivity contribution in [3.05, 3.63) is 17.6 Å². The maximum atomic E-state index is 8.78. The number of hydrogen-bond donors (Lipinski definition) is 0. The minimum Gasteiger partial charge on any atom is -0.481 e. The van der Waals surface area contributed by atoms with E-state index in [0.717, 1.165) is 5.69 Å². The highest BCUT2D eigenvalue weighted by Gasteiger charge is 2.14. The van der Waals surface area contributed by atoms with E-state index in [4.69, 9.17) is 21.6 Å². The molecule has 0 bridgehead atoms. The first kappa shape index (κ1) is 10.7. The van der Waals surface area contributed by atoms with Gasteiger partial charge >= 0.3 is 0 Å². The van der Waals surface area contributed by atoms with Crippen molar-refractivity contribution in [2.75, 3.05) is 13.0 Å². The maximum absolute atomic E-state index is 8.78. The van der Waals surface area contributed by atoms with Crippen LogP contribution in [-0.2, 0) is 0 Å². The summed E-state index contributed by atoms with van der Waals surface area (Å²) in [6.45, 7) is 1.82. The molecule has 0 spiro atoms. The van der Waals surface area contributed by atoms with E-state index in [2.05, 4.69) is 9.97 Å². The number of nitrogens with zero attached hydrogens (tertiary/aromatic N) is 3. The van der Waals surface area contributed by atoms with Gasteiger partial charge in [0.05, 0.1) is 13.2 Å². The number of nitriles is 1. The Labute approximate surface area is 87.5 Å². The Balaban J connectivity index is 3.09. The van der Waals surface area contributed by atoms with Crippen molar-refractivity contribution in [3.8, 4) is 11.9 Å². The largest absolute Gasteiger partial charge is 0.481 e. The van der Waals surface area contributed by atoms with Crippen LogP contribution < -0.4 is 4.74 Å². The first-order valence-electron chi connectivity index (χ1n) is 4.06. The number of ether oxygens (including phenoxy) is 1. The van der Waals surface area contributed by atoms with Crippen LogP contribution in [0.4, 0.5) is 0 Å². The summed E-state index contributed by atoms with van der Waals surface area (Å²) in [5.41, 5.74) is 0.761. The van der Waals surface area contributed by atoms with Crippen LogP contribution >= 0.6 is 11.6 Å². The topological polar surface area (TPSA) is 58.8 Å². The first-order valence-corrected chi connectivity index (χ1v) is 4.60. The lowest BCUT2D eigenvalue weighted by Crippen LogP contribution is -2.06. The normalized spacial score (nSPS) is 11.9. The van der Waals surface area contributed by atoms with E-state index in [0.29, 0.717) is 11.7 Å². The molecule has 0 aromatic carbocycles. The van der Waals surface area contributed by atoms with Gasteiger partial charge in [0.25, 0.3) is 0 Å². The number of aromatic nitrogens is 2. The fraction of sp³-hybridized carbons (Fsp3) is 0.444. The molecular weight excluding hydrogens is 202 g/mol. The lowest BCUT2D eigenvalue weighted by Gasteiger charge is -2.06. The Kier molecular flexibility index (Phi) is 3.66. The smallest absolute Gasteiger partial charge is 0.216 e. The van der Waals surface area contributed by atoms with E-state index in [1.54, 1.807) is 6.07 Å². The molecule has 0 N–H and O–H groups in total. The van der Waals surface area contributed by atoms with Crippen LogP contribution in [0.25, 0.3) is 0 Å². The molecule has 4 nitrogen and oxygen atoms in total. The average molecular weight is 212 g/mol. The fourth-order valence-electron chi connectivity index (χ4n) is 0.983. The second kappa shape index (κ2) is 4.77. The predicted octanol–water partition coefficient (Wildman–Crippen LogP) is 1.64. The molecule has 0 amide bonds. The zero-order chi connectivity index (χ0) is 10.6. The highest BCUT2D eigenvalue weighted by atomic mass is 35.5. The molecule has 1 atom stereocenters. The molecule has 74 valence electrons. The average Bonchev–Trinajstić information content (AvgIpc) is 2.19. The molecule has 0 aliphatic carbocycles. The van der Waals surface area contributed by atoms with Crippen molar-refractivity contribution in [1.82, 2.24) is 9.97 Å². The van der Waals surface area contributed by atoms with Crippen LogP contribution in [0.1, 0.15) is 17.4 Å². The van der Waals surface area contributed by atoms with Crippen LogP contribution in [-0.4, -0.2) is 23.0 Å². The third-order valence-electron chi connectivity index (χ3n) is 1.68. The minimum absolute atomic E-state index is 0.184. The molecule has 0 fully saturated rings. The molecular formula is C9H10ClN3O. The molecule has 14 heavy (non-hydrogen) atoms. The number of hydrogen-bond acceptors (Lipinski definition) is 4. The molecule has 1 aromatic heterocycles. The first-order chi connectivity index (χ1) is 6.71. The van der Waals surface area contributed by atoms with Gasteiger partial charge in [-0.1, -0.05) is 0 Å². The molecule has 5 heteroatoms. The number of alkyl halides is 1. The molecule has 0 aliphatic rings. The Bertz CT molecular complexity index is 362. The Morgan fingerprint density at radius 2 is 2.36 bits per heavy atom. The zero-order valence-electron chi connectivity index (χ0n) is 7.99. The molecule has 1 aromatic rings. The molecule has 0 aliphatic heterocycles. The Hall–Kier alpha value is -1.34. The van der Waals surface area contributed by atoms with Gasteiger partial charge in [-0.25, -0.2) is 4.98 Å². The third kappa shape index (κ3) is 2.33. The second-order valence-corrected chi connectivity index (χ2v) is 3.05. The molecule has 0 saturated heterocycles. The Morgan fingerprint density at radius 3 is 2.86 bits per heavy atom.